The molecule has 8 heterocycles. The van der Waals surface area contributed by atoms with Crippen LogP contribution in [0.5, 0.6) is 0 Å². The summed E-state index contributed by atoms with van der Waals surface area (Å²) in [6, 6.07) is 3.48. The molecule has 1 aromatic carbocycles. The molecule has 36 heteroatoms. The number of aryl methyl sites for hydroxylation is 1. The first-order valence-electron chi connectivity index (χ1n) is 44.8. The highest BCUT2D eigenvalue weighted by molar-refractivity contribution is 6.39. The third-order valence-corrected chi connectivity index (χ3v) is 24.0. The predicted molar refractivity (Wildman–Crippen MR) is 464 cm³/mol. The van der Waals surface area contributed by atoms with Gasteiger partial charge >= 0.3 is 5.97 Å². The number of ether oxygens (including phenoxy) is 13. The first-order valence-corrected chi connectivity index (χ1v) is 44.8. The number of anilines is 2. The van der Waals surface area contributed by atoms with Crippen molar-refractivity contribution in [3.05, 3.63) is 84.0 Å². The van der Waals surface area contributed by atoms with Crippen molar-refractivity contribution in [2.24, 2.45) is 35.3 Å². The zero-order valence-corrected chi connectivity index (χ0v) is 74.4. The molecule has 0 radical (unpaired) electrons. The fourth-order valence-corrected chi connectivity index (χ4v) is 16.9. The number of nitrogen functional groups attached to an aromatic ring is 2. The lowest BCUT2D eigenvalue weighted by Gasteiger charge is -2.40. The highest BCUT2D eigenvalue weighted by atomic mass is 16.6. The predicted octanol–water partition coefficient (Wildman–Crippen LogP) is 6.79. The number of Topliss-reactive ketones (excluding diaryl/α,β-unsaturated/α-hetero) is 3. The molecule has 698 valence electrons. The van der Waals surface area contributed by atoms with Gasteiger partial charge in [0, 0.05) is 95.9 Å². The summed E-state index contributed by atoms with van der Waals surface area (Å²) in [5.41, 5.74) is 24.3. The molecular weight excluding hydrogens is 1630 g/mol. The smallest absolute Gasteiger partial charge is 0.329 e. The summed E-state index contributed by atoms with van der Waals surface area (Å²) < 4.78 is 84.9. The number of cyclic esters (lactones) is 1. The Morgan fingerprint density at radius 1 is 0.714 bits per heavy atom. The number of allylic oxidation sites excluding steroid dienone is 6. The molecule has 15 atom stereocenters. The molecule has 9 N–H and O–H groups in total. The third-order valence-electron chi connectivity index (χ3n) is 24.0. The number of benzene rings is 1. The van der Waals surface area contributed by atoms with Gasteiger partial charge in [-0.15, -0.1) is 5.10 Å². The number of amides is 2. The Morgan fingerprint density at radius 3 is 2.10 bits per heavy atom. The molecule has 2 bridgehead atoms. The minimum absolute atomic E-state index is 0.0253. The van der Waals surface area contributed by atoms with Crippen LogP contribution in [0.3, 0.4) is 0 Å². The van der Waals surface area contributed by atoms with Gasteiger partial charge in [0.25, 0.3) is 17.7 Å². The van der Waals surface area contributed by atoms with Gasteiger partial charge in [0.15, 0.2) is 17.0 Å². The SMILES string of the molecule is COC1C[C@@H]2CCC[C@@](O)(O2)C(=O)C(=O)N2CCCC[C@H]2C(=O)OC([C@H](N)CC2CCC(OCCCCc3cn(CCOCCOCCOCCOCCOCCOCCOCCOCCC(=O)N4CCC(Cn5nc(-c6ccc7oc(N)nc7c6)c6c(N)ncnc65)C4)nn3)[C@H](OC)C2)CC(=O)C(C)/C=C(\C)C(O)[C@@H](O)C(=O)C(C)CC(C)/C=C/C=C/C=C/1C. The van der Waals surface area contributed by atoms with Crippen molar-refractivity contribution >= 4 is 69.1 Å². The van der Waals surface area contributed by atoms with Crippen molar-refractivity contribution in [3.8, 4) is 11.3 Å². The van der Waals surface area contributed by atoms with Crippen LogP contribution in [0.2, 0.25) is 0 Å². The molecule has 2 amide bonds. The first kappa shape index (κ1) is 99.9. The molecular formula is C90H135N13O23. The number of fused-ring (bicyclic) bond motifs is 5. The number of carbonyl (C=O) groups is 6. The number of carbonyl (C=O) groups excluding carboxylic acids is 6. The molecule has 0 spiro atoms. The van der Waals surface area contributed by atoms with Gasteiger partial charge in [0.2, 0.25) is 11.7 Å². The second kappa shape index (κ2) is 51.8. The van der Waals surface area contributed by atoms with Crippen molar-refractivity contribution in [2.75, 3.05) is 158 Å². The zero-order chi connectivity index (χ0) is 89.9. The van der Waals surface area contributed by atoms with Gasteiger partial charge in [-0.2, -0.15) is 10.1 Å². The molecule has 9 unspecified atom stereocenters. The van der Waals surface area contributed by atoms with E-state index >= 15 is 0 Å². The van der Waals surface area contributed by atoms with Crippen LogP contribution in [-0.2, 0) is 110 Å². The van der Waals surface area contributed by atoms with E-state index in [1.165, 1.54) is 19.3 Å². The Bertz CT molecular complexity index is 4360. The number of hydrogen-bond acceptors (Lipinski definition) is 32. The lowest BCUT2D eigenvalue weighted by atomic mass is 9.80. The monoisotopic (exact) mass is 1770 g/mol. The number of ketones is 3. The summed E-state index contributed by atoms with van der Waals surface area (Å²) >= 11 is 0. The first-order chi connectivity index (χ1) is 60.9. The molecule has 4 fully saturated rings. The average molecular weight is 1770 g/mol. The highest BCUT2D eigenvalue weighted by Crippen LogP contribution is 2.38. The number of oxazole rings is 1. The largest absolute Gasteiger partial charge is 0.459 e. The number of hydrogen-bond donors (Lipinski definition) is 6. The molecule has 3 saturated heterocycles. The molecule has 1 aliphatic carbocycles. The number of nitrogens with two attached hydrogens (primary N) is 3. The molecule has 5 aliphatic rings. The Kier molecular flexibility index (Phi) is 41.1. The average Bonchev–Trinajstić information content (AvgIpc) is 1.58. The number of likely N-dealkylation sites (tertiary alicyclic amines) is 1. The number of aromatic nitrogens is 8. The van der Waals surface area contributed by atoms with E-state index in [0.717, 1.165) is 41.0 Å². The second-order valence-corrected chi connectivity index (χ2v) is 33.7. The van der Waals surface area contributed by atoms with E-state index in [-0.39, 0.29) is 86.1 Å². The number of methoxy groups -OCH3 is 2. The normalized spacial score (nSPS) is 27.3. The quantitative estimate of drug-likeness (QED) is 0.0101. The number of piperidine rings is 1. The number of esters is 1. The zero-order valence-electron chi connectivity index (χ0n) is 74.4. The lowest BCUT2D eigenvalue weighted by molar-refractivity contribution is -0.245. The van der Waals surface area contributed by atoms with Crippen LogP contribution in [-0.4, -0.2) is 307 Å². The Balaban J connectivity index is 0.538. The van der Waals surface area contributed by atoms with Gasteiger partial charge in [0.05, 0.1) is 154 Å². The van der Waals surface area contributed by atoms with Crippen LogP contribution in [0, 0.1) is 29.6 Å². The van der Waals surface area contributed by atoms with Crippen LogP contribution in [0.25, 0.3) is 33.4 Å². The standard InChI is InChI=1S/C90H135N13O23/c1-59-16-9-8-10-17-60(2)75(113-6)53-68-19-15-27-90(112,126-68)84(109)87(110)102-28-13-11-20-71(102)88(111)124-76(54-72(104)61(3)49-63(5)82(107)83(108)81(106)62(4)48-59)69(91)50-64-21-23-74(77(51-64)114-7)123-31-14-12-18-67-57-101(99-97-67)30-33-116-35-37-118-39-41-120-43-45-122-47-46-121-44-42-119-40-38-117-36-34-115-32-26-78(105)100-29-25-65(55-100)56-103-86-79(85(92)94-58-95-86)80(98-103)66-22-24-73-70(52-66)96-89(93)125-73/h8-10,16-17,22,24,49,52,57-59,61-62,64-65,68-69,71,74-77,82-83,107-108,112H,11-15,18-21,23,25-48,50-51,53-56,91H2,1-7H3,(H2,93,96)(H2,92,94,95)/b10-8+,16-9+,60-17+,63-49+/t59?,61?,62?,64?,65?,68-,69+,71-,74?,75?,76?,77+,82?,83-,90+/m0/s1. The fraction of sp³-hybridized carbons (Fsp3) is 0.689. The van der Waals surface area contributed by atoms with Gasteiger partial charge < -0.3 is 108 Å². The summed E-state index contributed by atoms with van der Waals surface area (Å²) in [6.07, 6.45) is 16.0. The van der Waals surface area contributed by atoms with Crippen molar-refractivity contribution < 1.29 is 110 Å². The number of aliphatic hydroxyl groups excluding tert-OH is 2. The van der Waals surface area contributed by atoms with Crippen LogP contribution < -0.4 is 17.2 Å². The van der Waals surface area contributed by atoms with Crippen molar-refractivity contribution in [1.82, 2.24) is 49.5 Å². The maximum atomic E-state index is 14.6. The number of nitrogens with zero attached hydrogens (tertiary/aromatic N) is 10. The second-order valence-electron chi connectivity index (χ2n) is 33.7. The third kappa shape index (κ3) is 30.4. The van der Waals surface area contributed by atoms with E-state index in [1.54, 1.807) is 38.8 Å². The molecule has 10 rings (SSSR count). The molecule has 36 nitrogen and oxygen atoms in total. The molecule has 4 aromatic heterocycles. The molecule has 4 aliphatic heterocycles. The van der Waals surface area contributed by atoms with Gasteiger partial charge in [-0.3, -0.25) is 24.0 Å². The van der Waals surface area contributed by atoms with E-state index in [9.17, 15) is 44.1 Å². The Morgan fingerprint density at radius 2 is 1.40 bits per heavy atom. The van der Waals surface area contributed by atoms with E-state index in [2.05, 4.69) is 25.3 Å². The topological polar surface area (TPSA) is 468 Å². The van der Waals surface area contributed by atoms with Crippen molar-refractivity contribution in [3.63, 3.8) is 0 Å². The van der Waals surface area contributed by atoms with E-state index < -0.39 is 89.5 Å². The minimum atomic E-state index is -2.45. The summed E-state index contributed by atoms with van der Waals surface area (Å²) in [4.78, 5) is 100. The van der Waals surface area contributed by atoms with Crippen molar-refractivity contribution in [1.29, 1.82) is 0 Å². The number of unbranched alkanes of at least 4 members (excludes halogenated alkanes) is 1. The van der Waals surface area contributed by atoms with Crippen LogP contribution in [0.1, 0.15) is 149 Å². The minimum Gasteiger partial charge on any atom is -0.459 e. The van der Waals surface area contributed by atoms with Crippen LogP contribution in [0.15, 0.2) is 82.7 Å². The summed E-state index contributed by atoms with van der Waals surface area (Å²) in [7, 11) is 3.20. The van der Waals surface area contributed by atoms with E-state index in [0.29, 0.717) is 236 Å². The van der Waals surface area contributed by atoms with Crippen molar-refractivity contribution in [2.45, 2.75) is 224 Å². The summed E-state index contributed by atoms with van der Waals surface area (Å²) in [5.74, 6) is -7.54. The van der Waals surface area contributed by atoms with Gasteiger partial charge in [-0.1, -0.05) is 62.4 Å². The van der Waals surface area contributed by atoms with Gasteiger partial charge in [0.1, 0.15) is 53.5 Å². The molecule has 5 aromatic rings. The summed E-state index contributed by atoms with van der Waals surface area (Å²) in [6.45, 7) is 18.1. The highest BCUT2D eigenvalue weighted by Gasteiger charge is 2.50. The van der Waals surface area contributed by atoms with Gasteiger partial charge in [-0.25, -0.2) is 24.1 Å². The Labute approximate surface area is 737 Å². The van der Waals surface area contributed by atoms with Crippen LogP contribution >= 0.6 is 0 Å². The van der Waals surface area contributed by atoms with Gasteiger partial charge in [-0.05, 0) is 151 Å². The summed E-state index contributed by atoms with van der Waals surface area (Å²) in [5, 5.41) is 48.5. The van der Waals surface area contributed by atoms with E-state index in [4.69, 9.17) is 88.3 Å². The molecule has 1 saturated carbocycles. The Hall–Kier alpha value is -8.28. The number of rotatable bonds is 41. The maximum absolute atomic E-state index is 14.6. The maximum Gasteiger partial charge on any atom is 0.329 e. The van der Waals surface area contributed by atoms with E-state index in [1.807, 2.05) is 72.1 Å². The lowest BCUT2D eigenvalue weighted by Crippen LogP contribution is -2.58. The molecule has 126 heavy (non-hydrogen) atoms. The van der Waals surface area contributed by atoms with Crippen LogP contribution in [0.4, 0.5) is 11.8 Å². The fourth-order valence-electron chi connectivity index (χ4n) is 16.9. The number of aliphatic hydroxyl groups is 3.